The average Bonchev–Trinajstić information content (AvgIpc) is 2.66. The Hall–Kier alpha value is -3.22. The summed E-state index contributed by atoms with van der Waals surface area (Å²) in [6.45, 7) is 4.52. The number of para-hydroxylation sites is 2. The highest BCUT2D eigenvalue weighted by atomic mass is 16.5. The lowest BCUT2D eigenvalue weighted by Crippen LogP contribution is -2.49. The predicted molar refractivity (Wildman–Crippen MR) is 102 cm³/mol. The van der Waals surface area contributed by atoms with E-state index in [0.29, 0.717) is 23.2 Å². The van der Waals surface area contributed by atoms with Crippen LogP contribution in [0.5, 0.6) is 5.75 Å². The summed E-state index contributed by atoms with van der Waals surface area (Å²) in [6, 6.07) is 14.5. The van der Waals surface area contributed by atoms with Gasteiger partial charge in [-0.2, -0.15) is 0 Å². The Bertz CT molecular complexity index is 1070. The fourth-order valence-electron chi connectivity index (χ4n) is 3.29. The highest BCUT2D eigenvalue weighted by Crippen LogP contribution is 2.36. The topological polar surface area (TPSA) is 77.3 Å². The van der Waals surface area contributed by atoms with E-state index in [1.165, 1.54) is 4.68 Å². The van der Waals surface area contributed by atoms with Crippen LogP contribution >= 0.6 is 0 Å². The summed E-state index contributed by atoms with van der Waals surface area (Å²) in [5.41, 5.74) is 0.577. The number of carbonyl (C=O) groups is 1. The van der Waals surface area contributed by atoms with Gasteiger partial charge in [-0.1, -0.05) is 29.5 Å². The van der Waals surface area contributed by atoms with Gasteiger partial charge in [-0.05, 0) is 38.1 Å². The first-order valence-electron chi connectivity index (χ1n) is 8.86. The molecule has 0 bridgehead atoms. The second-order valence-electron chi connectivity index (χ2n) is 7.19. The molecule has 1 aromatic heterocycles. The first-order chi connectivity index (χ1) is 12.9. The number of nitrogens with zero attached hydrogens (tertiary/aromatic N) is 4. The van der Waals surface area contributed by atoms with Crippen LogP contribution in [0.4, 0.5) is 5.69 Å². The van der Waals surface area contributed by atoms with E-state index >= 15 is 0 Å². The van der Waals surface area contributed by atoms with Crippen molar-refractivity contribution in [2.24, 2.45) is 0 Å². The molecule has 0 atom stereocenters. The molecule has 1 amide bonds. The number of aryl methyl sites for hydroxylation is 1. The van der Waals surface area contributed by atoms with Crippen LogP contribution in [-0.2, 0) is 11.3 Å². The number of aromatic nitrogens is 3. The average molecular weight is 364 g/mol. The number of hydrogen-bond acceptors (Lipinski definition) is 5. The summed E-state index contributed by atoms with van der Waals surface area (Å²) in [7, 11) is 0. The molecule has 0 N–H and O–H groups in total. The minimum atomic E-state index is -0.483. The number of ether oxygens (including phenoxy) is 1. The highest BCUT2D eigenvalue weighted by molar-refractivity contribution is 5.95. The number of benzene rings is 2. The Morgan fingerprint density at radius 1 is 1.15 bits per heavy atom. The van der Waals surface area contributed by atoms with Crippen LogP contribution in [0.3, 0.4) is 0 Å². The Balaban J connectivity index is 1.57. The third kappa shape index (κ3) is 3.28. The number of amides is 1. The largest absolute Gasteiger partial charge is 0.484 e. The van der Waals surface area contributed by atoms with Crippen LogP contribution < -0.4 is 15.2 Å². The first-order valence-corrected chi connectivity index (χ1v) is 8.86. The summed E-state index contributed by atoms with van der Waals surface area (Å²) >= 11 is 0. The van der Waals surface area contributed by atoms with E-state index in [9.17, 15) is 9.59 Å². The summed E-state index contributed by atoms with van der Waals surface area (Å²) in [5.74, 6) is 0.602. The van der Waals surface area contributed by atoms with Crippen molar-refractivity contribution in [3.63, 3.8) is 0 Å². The van der Waals surface area contributed by atoms with Crippen molar-refractivity contribution >= 4 is 22.5 Å². The molecule has 0 saturated carbocycles. The van der Waals surface area contributed by atoms with Gasteiger partial charge in [0.1, 0.15) is 16.9 Å². The molecule has 7 nitrogen and oxygen atoms in total. The van der Waals surface area contributed by atoms with Crippen LogP contribution in [0.1, 0.15) is 20.3 Å². The lowest BCUT2D eigenvalue weighted by molar-refractivity contribution is -0.119. The summed E-state index contributed by atoms with van der Waals surface area (Å²) in [4.78, 5) is 27.2. The van der Waals surface area contributed by atoms with Gasteiger partial charge >= 0.3 is 0 Å². The fraction of sp³-hybridized carbons (Fsp3) is 0.300. The molecule has 7 heteroatoms. The van der Waals surface area contributed by atoms with Gasteiger partial charge in [-0.25, -0.2) is 4.68 Å². The molecule has 138 valence electrons. The molecular formula is C20H20N4O3. The maximum absolute atomic E-state index is 12.9. The third-order valence-electron chi connectivity index (χ3n) is 4.55. The van der Waals surface area contributed by atoms with E-state index in [-0.39, 0.29) is 24.4 Å². The van der Waals surface area contributed by atoms with Crippen LogP contribution in [-0.4, -0.2) is 33.0 Å². The normalized spacial score (nSPS) is 15.3. The van der Waals surface area contributed by atoms with Crippen molar-refractivity contribution in [2.75, 3.05) is 11.4 Å². The third-order valence-corrected chi connectivity index (χ3v) is 4.55. The standard InChI is InChI=1S/C20H20N4O3/c1-20(2)13-23(16-9-5-6-10-17(16)27-20)18(25)11-12-24-19(26)14-7-3-4-8-15(14)21-22-24/h3-10H,11-13H2,1-2H3. The minimum Gasteiger partial charge on any atom is -0.484 e. The zero-order valence-corrected chi connectivity index (χ0v) is 15.3. The minimum absolute atomic E-state index is 0.0827. The second-order valence-corrected chi connectivity index (χ2v) is 7.19. The van der Waals surface area contributed by atoms with Crippen molar-refractivity contribution in [3.8, 4) is 5.75 Å². The Kier molecular flexibility index (Phi) is 4.14. The van der Waals surface area contributed by atoms with Gasteiger partial charge in [-0.15, -0.1) is 5.10 Å². The number of anilines is 1. The quantitative estimate of drug-likeness (QED) is 0.713. The van der Waals surface area contributed by atoms with Gasteiger partial charge in [0, 0.05) is 6.42 Å². The maximum atomic E-state index is 12.9. The van der Waals surface area contributed by atoms with Crippen LogP contribution in [0.15, 0.2) is 53.3 Å². The van der Waals surface area contributed by atoms with Gasteiger partial charge in [-0.3, -0.25) is 9.59 Å². The molecule has 0 radical (unpaired) electrons. The molecular weight excluding hydrogens is 344 g/mol. The molecule has 0 saturated heterocycles. The van der Waals surface area contributed by atoms with Crippen molar-refractivity contribution in [1.82, 2.24) is 15.0 Å². The molecule has 3 aromatic rings. The van der Waals surface area contributed by atoms with Crippen molar-refractivity contribution in [2.45, 2.75) is 32.4 Å². The predicted octanol–water partition coefficient (Wildman–Crippen LogP) is 2.39. The fourth-order valence-corrected chi connectivity index (χ4v) is 3.29. The van der Waals surface area contributed by atoms with Gasteiger partial charge in [0.25, 0.3) is 5.56 Å². The molecule has 1 aliphatic heterocycles. The highest BCUT2D eigenvalue weighted by Gasteiger charge is 2.34. The molecule has 2 heterocycles. The van der Waals surface area contributed by atoms with Crippen LogP contribution in [0.2, 0.25) is 0 Å². The lowest BCUT2D eigenvalue weighted by Gasteiger charge is -2.39. The van der Waals surface area contributed by atoms with Gasteiger partial charge < -0.3 is 9.64 Å². The summed E-state index contributed by atoms with van der Waals surface area (Å²) in [5, 5.41) is 8.51. The summed E-state index contributed by atoms with van der Waals surface area (Å²) in [6.07, 6.45) is 0.150. The van der Waals surface area contributed by atoms with Crippen molar-refractivity contribution in [3.05, 3.63) is 58.9 Å². The molecule has 0 fully saturated rings. The summed E-state index contributed by atoms with van der Waals surface area (Å²) < 4.78 is 7.21. The number of fused-ring (bicyclic) bond motifs is 2. The molecule has 0 unspecified atom stereocenters. The van der Waals surface area contributed by atoms with Crippen LogP contribution in [0.25, 0.3) is 10.9 Å². The zero-order valence-electron chi connectivity index (χ0n) is 15.3. The van der Waals surface area contributed by atoms with E-state index < -0.39 is 5.60 Å². The Morgan fingerprint density at radius 2 is 1.89 bits per heavy atom. The number of hydrogen-bond donors (Lipinski definition) is 0. The van der Waals surface area contributed by atoms with Crippen LogP contribution in [0, 0.1) is 0 Å². The van der Waals surface area contributed by atoms with E-state index in [4.69, 9.17) is 4.74 Å². The SMILES string of the molecule is CC1(C)CN(C(=O)CCn2nnc3ccccc3c2=O)c2ccccc2O1. The lowest BCUT2D eigenvalue weighted by atomic mass is 10.0. The smallest absolute Gasteiger partial charge is 0.277 e. The molecule has 4 rings (SSSR count). The van der Waals surface area contributed by atoms with Gasteiger partial charge in [0.2, 0.25) is 5.91 Å². The Morgan fingerprint density at radius 3 is 2.74 bits per heavy atom. The second kappa shape index (κ2) is 6.50. The Labute approximate surface area is 156 Å². The first kappa shape index (κ1) is 17.2. The molecule has 2 aromatic carbocycles. The molecule has 1 aliphatic rings. The van der Waals surface area contributed by atoms with Crippen molar-refractivity contribution in [1.29, 1.82) is 0 Å². The molecule has 0 aliphatic carbocycles. The number of rotatable bonds is 3. The monoisotopic (exact) mass is 364 g/mol. The maximum Gasteiger partial charge on any atom is 0.277 e. The van der Waals surface area contributed by atoms with E-state index in [1.54, 1.807) is 23.1 Å². The van der Waals surface area contributed by atoms with E-state index in [2.05, 4.69) is 10.3 Å². The van der Waals surface area contributed by atoms with Crippen molar-refractivity contribution < 1.29 is 9.53 Å². The molecule has 27 heavy (non-hydrogen) atoms. The van der Waals surface area contributed by atoms with E-state index in [0.717, 1.165) is 5.69 Å². The van der Waals surface area contributed by atoms with Gasteiger partial charge in [0.15, 0.2) is 0 Å². The molecule has 0 spiro atoms. The number of carbonyl (C=O) groups excluding carboxylic acids is 1. The van der Waals surface area contributed by atoms with Gasteiger partial charge in [0.05, 0.1) is 24.2 Å². The van der Waals surface area contributed by atoms with E-state index in [1.807, 2.05) is 44.2 Å². The zero-order chi connectivity index (χ0) is 19.0.